The van der Waals surface area contributed by atoms with Crippen LogP contribution in [-0.4, -0.2) is 62.2 Å². The Kier molecular flexibility index (Phi) is 5.13. The van der Waals surface area contributed by atoms with Crippen LogP contribution in [0.1, 0.15) is 11.6 Å². The summed E-state index contributed by atoms with van der Waals surface area (Å²) < 4.78 is 40.5. The van der Waals surface area contributed by atoms with Crippen molar-refractivity contribution < 1.29 is 12.8 Å². The Bertz CT molecular complexity index is 664. The largest absolute Gasteiger partial charge is 0.282 e. The van der Waals surface area contributed by atoms with E-state index in [1.165, 1.54) is 28.8 Å². The summed E-state index contributed by atoms with van der Waals surface area (Å²) in [6, 6.07) is 7.59. The second-order valence-electron chi connectivity index (χ2n) is 5.28. The van der Waals surface area contributed by atoms with Gasteiger partial charge in [0.15, 0.2) is 0 Å². The van der Waals surface area contributed by atoms with Gasteiger partial charge in [-0.25, -0.2) is 4.39 Å². The number of hydrogen-bond donors (Lipinski definition) is 0. The fourth-order valence-electron chi connectivity index (χ4n) is 2.47. The van der Waals surface area contributed by atoms with Gasteiger partial charge in [-0.05, 0) is 6.07 Å². The molecule has 1 unspecified atom stereocenters. The molecule has 22 heavy (non-hydrogen) atoms. The van der Waals surface area contributed by atoms with Crippen molar-refractivity contribution in [1.29, 1.82) is 5.26 Å². The molecular weight excluding hydrogens is 307 g/mol. The number of nitrogens with zero attached hydrogens (tertiary/aromatic N) is 4. The second-order valence-corrected chi connectivity index (χ2v) is 7.42. The Balaban J connectivity index is 2.11. The van der Waals surface area contributed by atoms with Crippen LogP contribution in [0.25, 0.3) is 0 Å². The fraction of sp³-hybridized carbons (Fsp3) is 0.500. The van der Waals surface area contributed by atoms with Gasteiger partial charge in [0.25, 0.3) is 10.2 Å². The first-order valence-corrected chi connectivity index (χ1v) is 8.33. The fourth-order valence-corrected chi connectivity index (χ4v) is 3.55. The predicted octanol–water partition coefficient (Wildman–Crippen LogP) is 0.814. The lowest BCUT2D eigenvalue weighted by Crippen LogP contribution is -2.52. The number of piperazine rings is 1. The number of hydrogen-bond acceptors (Lipinski definition) is 4. The van der Waals surface area contributed by atoms with Gasteiger partial charge in [-0.1, -0.05) is 18.2 Å². The molecule has 120 valence electrons. The van der Waals surface area contributed by atoms with E-state index in [0.29, 0.717) is 18.7 Å². The third kappa shape index (κ3) is 3.28. The normalized spacial score (nSPS) is 19.0. The zero-order valence-corrected chi connectivity index (χ0v) is 13.4. The van der Waals surface area contributed by atoms with Crippen LogP contribution in [0.4, 0.5) is 4.39 Å². The number of rotatable bonds is 4. The molecule has 0 bridgehead atoms. The maximum Gasteiger partial charge on any atom is 0.281 e. The van der Waals surface area contributed by atoms with E-state index in [9.17, 15) is 18.1 Å². The lowest BCUT2D eigenvalue weighted by molar-refractivity contribution is 0.157. The van der Waals surface area contributed by atoms with Crippen LogP contribution in [0.2, 0.25) is 0 Å². The van der Waals surface area contributed by atoms with Gasteiger partial charge in [-0.3, -0.25) is 4.90 Å². The summed E-state index contributed by atoms with van der Waals surface area (Å²) in [5.74, 6) is -0.419. The minimum Gasteiger partial charge on any atom is -0.282 e. The van der Waals surface area contributed by atoms with Crippen LogP contribution >= 0.6 is 0 Å². The standard InChI is InChI=1S/C14H19FN4O2S/c1-17(2)22(20,21)19-9-7-18(8-10-19)14(11-16)12-5-3-4-6-13(12)15/h3-6,14H,7-10H2,1-2H3. The van der Waals surface area contributed by atoms with E-state index in [1.807, 2.05) is 0 Å². The molecule has 0 aliphatic carbocycles. The van der Waals surface area contributed by atoms with Gasteiger partial charge in [0, 0.05) is 45.8 Å². The molecule has 0 spiro atoms. The van der Waals surface area contributed by atoms with E-state index in [2.05, 4.69) is 6.07 Å². The molecule has 1 aliphatic heterocycles. The first-order valence-electron chi connectivity index (χ1n) is 6.93. The maximum absolute atomic E-state index is 13.9. The van der Waals surface area contributed by atoms with Gasteiger partial charge in [0.2, 0.25) is 0 Å². The highest BCUT2D eigenvalue weighted by Crippen LogP contribution is 2.24. The van der Waals surface area contributed by atoms with E-state index in [0.717, 1.165) is 0 Å². The Morgan fingerprint density at radius 3 is 2.32 bits per heavy atom. The van der Waals surface area contributed by atoms with Gasteiger partial charge in [-0.2, -0.15) is 22.3 Å². The van der Waals surface area contributed by atoms with Crippen LogP contribution < -0.4 is 0 Å². The average molecular weight is 326 g/mol. The molecule has 2 rings (SSSR count). The molecule has 1 fully saturated rings. The molecule has 0 radical (unpaired) electrons. The van der Waals surface area contributed by atoms with Gasteiger partial charge < -0.3 is 0 Å². The summed E-state index contributed by atoms with van der Waals surface area (Å²) in [6.07, 6.45) is 0. The summed E-state index contributed by atoms with van der Waals surface area (Å²) in [7, 11) is -0.475. The molecule has 1 atom stereocenters. The molecule has 1 aliphatic rings. The Hall–Kier alpha value is -1.53. The molecule has 8 heteroatoms. The van der Waals surface area contributed by atoms with Crippen molar-refractivity contribution >= 4 is 10.2 Å². The Morgan fingerprint density at radius 1 is 1.23 bits per heavy atom. The highest BCUT2D eigenvalue weighted by atomic mass is 32.2. The van der Waals surface area contributed by atoms with Crippen molar-refractivity contribution in [2.45, 2.75) is 6.04 Å². The van der Waals surface area contributed by atoms with Crippen molar-refractivity contribution in [1.82, 2.24) is 13.5 Å². The first-order chi connectivity index (χ1) is 10.4. The molecule has 6 nitrogen and oxygen atoms in total. The number of halogens is 1. The smallest absolute Gasteiger partial charge is 0.281 e. The van der Waals surface area contributed by atoms with Crippen molar-refractivity contribution in [2.24, 2.45) is 0 Å². The van der Waals surface area contributed by atoms with E-state index < -0.39 is 22.1 Å². The van der Waals surface area contributed by atoms with Gasteiger partial charge in [0.05, 0.1) is 6.07 Å². The Morgan fingerprint density at radius 2 is 1.82 bits per heavy atom. The van der Waals surface area contributed by atoms with Crippen molar-refractivity contribution in [3.63, 3.8) is 0 Å². The highest BCUT2D eigenvalue weighted by Gasteiger charge is 2.32. The third-order valence-electron chi connectivity index (χ3n) is 3.75. The third-order valence-corrected chi connectivity index (χ3v) is 5.69. The molecule has 1 aromatic carbocycles. The quantitative estimate of drug-likeness (QED) is 0.821. The molecule has 0 aromatic heterocycles. The molecule has 1 aromatic rings. The van der Waals surface area contributed by atoms with Crippen molar-refractivity contribution in [3.05, 3.63) is 35.6 Å². The molecule has 0 N–H and O–H groups in total. The minimum absolute atomic E-state index is 0.285. The van der Waals surface area contributed by atoms with Crippen LogP contribution in [0.5, 0.6) is 0 Å². The summed E-state index contributed by atoms with van der Waals surface area (Å²) in [6.45, 7) is 1.35. The predicted molar refractivity (Wildman–Crippen MR) is 80.5 cm³/mol. The number of benzene rings is 1. The lowest BCUT2D eigenvalue weighted by atomic mass is 10.1. The molecule has 1 saturated heterocycles. The monoisotopic (exact) mass is 326 g/mol. The van der Waals surface area contributed by atoms with Crippen LogP contribution in [0.15, 0.2) is 24.3 Å². The highest BCUT2D eigenvalue weighted by molar-refractivity contribution is 7.86. The maximum atomic E-state index is 13.9. The van der Waals surface area contributed by atoms with Crippen LogP contribution in [0.3, 0.4) is 0 Å². The van der Waals surface area contributed by atoms with E-state index in [1.54, 1.807) is 23.1 Å². The summed E-state index contributed by atoms with van der Waals surface area (Å²) in [4.78, 5) is 1.81. The second kappa shape index (κ2) is 6.71. The van der Waals surface area contributed by atoms with Crippen LogP contribution in [-0.2, 0) is 10.2 Å². The molecule has 1 heterocycles. The molecule has 0 saturated carbocycles. The van der Waals surface area contributed by atoms with Gasteiger partial charge in [0.1, 0.15) is 11.9 Å². The van der Waals surface area contributed by atoms with Crippen molar-refractivity contribution in [3.8, 4) is 6.07 Å². The zero-order valence-electron chi connectivity index (χ0n) is 12.6. The van der Waals surface area contributed by atoms with Gasteiger partial charge >= 0.3 is 0 Å². The SMILES string of the molecule is CN(C)S(=O)(=O)N1CCN(C(C#N)c2ccccc2F)CC1. The average Bonchev–Trinajstić information content (AvgIpc) is 2.50. The minimum atomic E-state index is -3.45. The zero-order chi connectivity index (χ0) is 16.3. The summed E-state index contributed by atoms with van der Waals surface area (Å²) >= 11 is 0. The van der Waals surface area contributed by atoms with E-state index in [4.69, 9.17) is 0 Å². The summed E-state index contributed by atoms with van der Waals surface area (Å²) in [5.41, 5.74) is 0.328. The van der Waals surface area contributed by atoms with Gasteiger partial charge in [-0.15, -0.1) is 0 Å². The Labute approximate surface area is 130 Å². The summed E-state index contributed by atoms with van der Waals surface area (Å²) in [5, 5.41) is 9.37. The number of nitriles is 1. The van der Waals surface area contributed by atoms with E-state index in [-0.39, 0.29) is 13.1 Å². The molecular formula is C14H19FN4O2S. The van der Waals surface area contributed by atoms with Crippen molar-refractivity contribution in [2.75, 3.05) is 40.3 Å². The van der Waals surface area contributed by atoms with Crippen LogP contribution in [0, 0.1) is 17.1 Å². The van der Waals surface area contributed by atoms with E-state index >= 15 is 0 Å². The topological polar surface area (TPSA) is 67.7 Å². The molecule has 0 amide bonds. The first kappa shape index (κ1) is 16.8. The lowest BCUT2D eigenvalue weighted by Gasteiger charge is -2.37.